The Balaban J connectivity index is 2.01. The predicted molar refractivity (Wildman–Crippen MR) is 93.1 cm³/mol. The van der Waals surface area contributed by atoms with Crippen LogP contribution in [0.15, 0.2) is 54.6 Å². The van der Waals surface area contributed by atoms with E-state index >= 15 is 0 Å². The highest BCUT2D eigenvalue weighted by molar-refractivity contribution is 6.15. The van der Waals surface area contributed by atoms with Crippen molar-refractivity contribution >= 4 is 22.4 Å². The van der Waals surface area contributed by atoms with Crippen molar-refractivity contribution in [2.24, 2.45) is 0 Å². The first-order chi connectivity index (χ1) is 11.6. The minimum absolute atomic E-state index is 0.0707. The van der Waals surface area contributed by atoms with E-state index in [0.29, 0.717) is 22.6 Å². The number of aromatic hydroxyl groups is 1. The fourth-order valence-corrected chi connectivity index (χ4v) is 2.59. The summed E-state index contributed by atoms with van der Waals surface area (Å²) in [4.78, 5) is 12.7. The van der Waals surface area contributed by atoms with E-state index in [0.717, 1.165) is 5.39 Å². The molecule has 2 N–H and O–H groups in total. The molecule has 5 nitrogen and oxygen atoms in total. The van der Waals surface area contributed by atoms with Crippen LogP contribution in [-0.4, -0.2) is 25.2 Å². The van der Waals surface area contributed by atoms with Crippen molar-refractivity contribution in [2.45, 2.75) is 0 Å². The molecule has 1 amide bonds. The van der Waals surface area contributed by atoms with Gasteiger partial charge in [0.1, 0.15) is 17.2 Å². The Kier molecular flexibility index (Phi) is 4.24. The number of ether oxygens (including phenoxy) is 2. The summed E-state index contributed by atoms with van der Waals surface area (Å²) in [6.45, 7) is 0. The number of hydrogen-bond acceptors (Lipinski definition) is 4. The van der Waals surface area contributed by atoms with Gasteiger partial charge in [0.05, 0.1) is 25.5 Å². The Morgan fingerprint density at radius 2 is 1.79 bits per heavy atom. The fraction of sp³-hybridized carbons (Fsp3) is 0.105. The van der Waals surface area contributed by atoms with Gasteiger partial charge in [-0.3, -0.25) is 4.79 Å². The zero-order valence-corrected chi connectivity index (χ0v) is 13.4. The summed E-state index contributed by atoms with van der Waals surface area (Å²) in [5, 5.41) is 14.5. The predicted octanol–water partition coefficient (Wildman–Crippen LogP) is 3.81. The molecule has 0 heterocycles. The van der Waals surface area contributed by atoms with Gasteiger partial charge < -0.3 is 19.9 Å². The lowest BCUT2D eigenvalue weighted by Gasteiger charge is -2.13. The maximum Gasteiger partial charge on any atom is 0.260 e. The second kappa shape index (κ2) is 6.50. The van der Waals surface area contributed by atoms with E-state index in [-0.39, 0.29) is 11.3 Å². The fourth-order valence-electron chi connectivity index (χ4n) is 2.59. The van der Waals surface area contributed by atoms with Gasteiger partial charge in [-0.05, 0) is 29.0 Å². The molecule has 0 aliphatic heterocycles. The number of phenols is 1. The molecule has 0 fully saturated rings. The number of carbonyl (C=O) groups is 1. The number of phenolic OH excluding ortho intramolecular Hbond substituents is 1. The maximum absolute atomic E-state index is 12.7. The molecule has 0 aliphatic carbocycles. The molecule has 0 saturated carbocycles. The van der Waals surface area contributed by atoms with Crippen molar-refractivity contribution < 1.29 is 19.4 Å². The van der Waals surface area contributed by atoms with Crippen LogP contribution < -0.4 is 14.8 Å². The van der Waals surface area contributed by atoms with Gasteiger partial charge >= 0.3 is 0 Å². The van der Waals surface area contributed by atoms with E-state index in [9.17, 15) is 9.90 Å². The van der Waals surface area contributed by atoms with E-state index in [1.165, 1.54) is 13.2 Å². The molecule has 122 valence electrons. The third-order valence-corrected chi connectivity index (χ3v) is 3.79. The van der Waals surface area contributed by atoms with Crippen molar-refractivity contribution in [3.8, 4) is 17.2 Å². The van der Waals surface area contributed by atoms with E-state index < -0.39 is 5.91 Å². The highest BCUT2D eigenvalue weighted by Crippen LogP contribution is 2.32. The van der Waals surface area contributed by atoms with Gasteiger partial charge in [-0.15, -0.1) is 0 Å². The van der Waals surface area contributed by atoms with Crippen molar-refractivity contribution in [1.82, 2.24) is 0 Å². The molecule has 3 aromatic rings. The lowest BCUT2D eigenvalue weighted by molar-refractivity contribution is 0.102. The molecule has 0 bridgehead atoms. The number of hydrogen-bond donors (Lipinski definition) is 2. The summed E-state index contributed by atoms with van der Waals surface area (Å²) in [6.07, 6.45) is 0. The van der Waals surface area contributed by atoms with Gasteiger partial charge in [-0.2, -0.15) is 0 Å². The lowest BCUT2D eigenvalue weighted by atomic mass is 10.0. The highest BCUT2D eigenvalue weighted by Gasteiger charge is 2.17. The molecule has 0 aromatic heterocycles. The van der Waals surface area contributed by atoms with Crippen LogP contribution in [0.1, 0.15) is 10.4 Å². The zero-order chi connectivity index (χ0) is 17.1. The quantitative estimate of drug-likeness (QED) is 0.766. The molecular formula is C19H17NO4. The van der Waals surface area contributed by atoms with Crippen molar-refractivity contribution in [3.63, 3.8) is 0 Å². The standard InChI is InChI=1S/C19H17NO4/c1-23-13-8-9-15(17(11-13)24-2)20-19(22)18-14-6-4-3-5-12(14)7-10-16(18)21/h3-11,21H,1-2H3,(H,20,22). The smallest absolute Gasteiger partial charge is 0.260 e. The monoisotopic (exact) mass is 323 g/mol. The van der Waals surface area contributed by atoms with Gasteiger partial charge in [-0.25, -0.2) is 0 Å². The molecule has 3 aromatic carbocycles. The first kappa shape index (κ1) is 15.7. The molecule has 0 radical (unpaired) electrons. The normalized spacial score (nSPS) is 10.4. The van der Waals surface area contributed by atoms with Crippen LogP contribution in [0.3, 0.4) is 0 Å². The van der Waals surface area contributed by atoms with Crippen LogP contribution in [0.2, 0.25) is 0 Å². The minimum Gasteiger partial charge on any atom is -0.507 e. The summed E-state index contributed by atoms with van der Waals surface area (Å²) in [6, 6.07) is 15.8. The van der Waals surface area contributed by atoms with Gasteiger partial charge in [0.15, 0.2) is 0 Å². The average Bonchev–Trinajstić information content (AvgIpc) is 2.61. The number of nitrogens with one attached hydrogen (secondary N) is 1. The largest absolute Gasteiger partial charge is 0.507 e. The number of methoxy groups -OCH3 is 2. The van der Waals surface area contributed by atoms with Crippen molar-refractivity contribution in [1.29, 1.82) is 0 Å². The number of anilines is 1. The van der Waals surface area contributed by atoms with E-state index in [4.69, 9.17) is 9.47 Å². The van der Waals surface area contributed by atoms with Crippen LogP contribution in [0.25, 0.3) is 10.8 Å². The molecule has 24 heavy (non-hydrogen) atoms. The molecule has 5 heteroatoms. The van der Waals surface area contributed by atoms with Gasteiger partial charge in [0, 0.05) is 6.07 Å². The van der Waals surface area contributed by atoms with Crippen molar-refractivity contribution in [2.75, 3.05) is 19.5 Å². The number of amides is 1. The number of carbonyl (C=O) groups excluding carboxylic acids is 1. The first-order valence-electron chi connectivity index (χ1n) is 7.38. The summed E-state index contributed by atoms with van der Waals surface area (Å²) in [7, 11) is 3.07. The van der Waals surface area contributed by atoms with Gasteiger partial charge in [0.25, 0.3) is 5.91 Å². The van der Waals surface area contributed by atoms with Gasteiger partial charge in [-0.1, -0.05) is 30.3 Å². The molecule has 3 rings (SSSR count). The number of benzene rings is 3. The third kappa shape index (κ3) is 2.84. The van der Waals surface area contributed by atoms with Crippen molar-refractivity contribution in [3.05, 3.63) is 60.2 Å². The van der Waals surface area contributed by atoms with Crippen LogP contribution in [0, 0.1) is 0 Å². The Bertz CT molecular complexity index is 905. The summed E-state index contributed by atoms with van der Waals surface area (Å²) in [5.41, 5.74) is 0.724. The number of fused-ring (bicyclic) bond motifs is 1. The molecular weight excluding hydrogens is 306 g/mol. The highest BCUT2D eigenvalue weighted by atomic mass is 16.5. The molecule has 0 atom stereocenters. The first-order valence-corrected chi connectivity index (χ1v) is 7.38. The SMILES string of the molecule is COc1ccc(NC(=O)c2c(O)ccc3ccccc23)c(OC)c1. The second-order valence-electron chi connectivity index (χ2n) is 5.20. The Morgan fingerprint density at radius 1 is 1.00 bits per heavy atom. The molecule has 0 aliphatic rings. The molecule has 0 spiro atoms. The second-order valence-corrected chi connectivity index (χ2v) is 5.20. The summed E-state index contributed by atoms with van der Waals surface area (Å²) >= 11 is 0. The van der Waals surface area contributed by atoms with Gasteiger partial charge in [0.2, 0.25) is 0 Å². The molecule has 0 unspecified atom stereocenters. The number of rotatable bonds is 4. The Hall–Kier alpha value is -3.21. The maximum atomic E-state index is 12.7. The third-order valence-electron chi connectivity index (χ3n) is 3.79. The summed E-state index contributed by atoms with van der Waals surface area (Å²) in [5.74, 6) is 0.617. The topological polar surface area (TPSA) is 67.8 Å². The van der Waals surface area contributed by atoms with E-state index in [1.807, 2.05) is 18.2 Å². The Labute approximate surface area is 139 Å². The minimum atomic E-state index is -0.409. The molecule has 0 saturated heterocycles. The van der Waals surface area contributed by atoms with Crippen LogP contribution in [0.5, 0.6) is 17.2 Å². The lowest BCUT2D eigenvalue weighted by Crippen LogP contribution is -2.13. The van der Waals surface area contributed by atoms with E-state index in [2.05, 4.69) is 5.32 Å². The van der Waals surface area contributed by atoms with Crippen LogP contribution in [-0.2, 0) is 0 Å². The zero-order valence-electron chi connectivity index (χ0n) is 13.4. The Morgan fingerprint density at radius 3 is 2.54 bits per heavy atom. The van der Waals surface area contributed by atoms with Crippen LogP contribution >= 0.6 is 0 Å². The van der Waals surface area contributed by atoms with E-state index in [1.54, 1.807) is 37.4 Å². The summed E-state index contributed by atoms with van der Waals surface area (Å²) < 4.78 is 10.4. The average molecular weight is 323 g/mol. The van der Waals surface area contributed by atoms with Crippen LogP contribution in [0.4, 0.5) is 5.69 Å².